The Hall–Kier alpha value is -0.430. The summed E-state index contributed by atoms with van der Waals surface area (Å²) in [5.74, 6) is 0.310. The van der Waals surface area contributed by atoms with Crippen molar-refractivity contribution in [3.63, 3.8) is 0 Å². The fraction of sp³-hybridized carbons (Fsp3) is 0.692. The smallest absolute Gasteiger partial charge is 0.241 e. The summed E-state index contributed by atoms with van der Waals surface area (Å²) in [5.41, 5.74) is -1.03. The van der Waals surface area contributed by atoms with Crippen LogP contribution in [0.4, 0.5) is 0 Å². The SMILES string of the molecule is Cc1cc(S(=O)(=O)NCC(C)(O)CC(C)C)c(C)s1. The second-order valence-electron chi connectivity index (χ2n) is 5.70. The van der Waals surface area contributed by atoms with Gasteiger partial charge in [0.05, 0.1) is 10.5 Å². The molecule has 1 heterocycles. The van der Waals surface area contributed by atoms with Crippen LogP contribution in [0.2, 0.25) is 0 Å². The molecule has 0 saturated carbocycles. The number of aryl methyl sites for hydroxylation is 2. The van der Waals surface area contributed by atoms with Gasteiger partial charge in [0.15, 0.2) is 0 Å². The molecule has 0 spiro atoms. The zero-order chi connectivity index (χ0) is 14.8. The molecule has 0 aromatic carbocycles. The molecule has 0 radical (unpaired) electrons. The highest BCUT2D eigenvalue weighted by Gasteiger charge is 2.26. The molecule has 6 heteroatoms. The number of thiophene rings is 1. The van der Waals surface area contributed by atoms with Gasteiger partial charge in [0.1, 0.15) is 0 Å². The molecule has 1 atom stereocenters. The monoisotopic (exact) mass is 305 g/mol. The van der Waals surface area contributed by atoms with Crippen molar-refractivity contribution in [2.75, 3.05) is 6.54 Å². The van der Waals surface area contributed by atoms with E-state index in [1.807, 2.05) is 20.8 Å². The van der Waals surface area contributed by atoms with E-state index in [4.69, 9.17) is 0 Å². The first kappa shape index (κ1) is 16.6. The van der Waals surface area contributed by atoms with E-state index in [2.05, 4.69) is 4.72 Å². The number of hydrogen-bond acceptors (Lipinski definition) is 4. The Labute approximate surface area is 119 Å². The van der Waals surface area contributed by atoms with E-state index in [1.54, 1.807) is 19.9 Å². The summed E-state index contributed by atoms with van der Waals surface area (Å²) in [7, 11) is -3.54. The fourth-order valence-electron chi connectivity index (χ4n) is 2.15. The second kappa shape index (κ2) is 5.91. The molecule has 0 bridgehead atoms. The molecule has 1 aromatic rings. The lowest BCUT2D eigenvalue weighted by atomic mass is 9.95. The minimum absolute atomic E-state index is 0.0296. The highest BCUT2D eigenvalue weighted by Crippen LogP contribution is 2.25. The van der Waals surface area contributed by atoms with E-state index in [-0.39, 0.29) is 6.54 Å². The molecule has 0 amide bonds. The minimum atomic E-state index is -3.54. The molecule has 2 N–H and O–H groups in total. The van der Waals surface area contributed by atoms with Crippen molar-refractivity contribution < 1.29 is 13.5 Å². The van der Waals surface area contributed by atoms with Crippen molar-refractivity contribution in [1.29, 1.82) is 0 Å². The van der Waals surface area contributed by atoms with Crippen LogP contribution in [0.25, 0.3) is 0 Å². The van der Waals surface area contributed by atoms with Crippen LogP contribution in [0, 0.1) is 19.8 Å². The van der Waals surface area contributed by atoms with Crippen LogP contribution >= 0.6 is 11.3 Å². The molecule has 1 unspecified atom stereocenters. The first-order valence-corrected chi connectivity index (χ1v) is 8.62. The van der Waals surface area contributed by atoms with Gasteiger partial charge < -0.3 is 5.11 Å². The average molecular weight is 305 g/mol. The lowest BCUT2D eigenvalue weighted by Crippen LogP contribution is -2.41. The Morgan fingerprint density at radius 2 is 2.00 bits per heavy atom. The van der Waals surface area contributed by atoms with Gasteiger partial charge in [-0.3, -0.25) is 0 Å². The first-order chi connectivity index (χ1) is 8.53. The molecule has 0 aliphatic carbocycles. The van der Waals surface area contributed by atoms with Crippen molar-refractivity contribution >= 4 is 21.4 Å². The molecule has 1 rings (SSSR count). The molecule has 0 saturated heterocycles. The van der Waals surface area contributed by atoms with Crippen LogP contribution in [-0.4, -0.2) is 25.7 Å². The van der Waals surface area contributed by atoms with Gasteiger partial charge in [-0.2, -0.15) is 0 Å². The Morgan fingerprint density at radius 1 is 1.42 bits per heavy atom. The lowest BCUT2D eigenvalue weighted by Gasteiger charge is -2.25. The van der Waals surface area contributed by atoms with Gasteiger partial charge in [-0.15, -0.1) is 11.3 Å². The van der Waals surface area contributed by atoms with Gasteiger partial charge in [-0.1, -0.05) is 13.8 Å². The summed E-state index contributed by atoms with van der Waals surface area (Å²) in [6.45, 7) is 9.35. The quantitative estimate of drug-likeness (QED) is 0.848. The van der Waals surface area contributed by atoms with E-state index in [0.717, 1.165) is 9.75 Å². The van der Waals surface area contributed by atoms with E-state index in [0.29, 0.717) is 17.2 Å². The summed E-state index contributed by atoms with van der Waals surface area (Å²) in [5, 5.41) is 10.1. The molecule has 19 heavy (non-hydrogen) atoms. The summed E-state index contributed by atoms with van der Waals surface area (Å²) in [6.07, 6.45) is 0.553. The van der Waals surface area contributed by atoms with E-state index in [9.17, 15) is 13.5 Å². The third kappa shape index (κ3) is 4.87. The normalized spacial score (nSPS) is 15.7. The van der Waals surface area contributed by atoms with Crippen molar-refractivity contribution in [3.8, 4) is 0 Å². The Morgan fingerprint density at radius 3 is 2.42 bits per heavy atom. The van der Waals surface area contributed by atoms with E-state index >= 15 is 0 Å². The Bertz CT molecular complexity index is 530. The van der Waals surface area contributed by atoms with Crippen LogP contribution in [0.1, 0.15) is 36.9 Å². The predicted molar refractivity (Wildman–Crippen MR) is 79.1 cm³/mol. The lowest BCUT2D eigenvalue weighted by molar-refractivity contribution is 0.0437. The molecule has 0 fully saturated rings. The van der Waals surface area contributed by atoms with Gasteiger partial charge in [0, 0.05) is 16.3 Å². The number of aliphatic hydroxyl groups is 1. The molecule has 1 aromatic heterocycles. The first-order valence-electron chi connectivity index (χ1n) is 6.32. The molecule has 110 valence electrons. The number of rotatable bonds is 6. The molecular formula is C13H23NO3S2. The van der Waals surface area contributed by atoms with Gasteiger partial charge in [0.25, 0.3) is 0 Å². The summed E-state index contributed by atoms with van der Waals surface area (Å²) < 4.78 is 26.9. The van der Waals surface area contributed by atoms with Gasteiger partial charge in [-0.25, -0.2) is 13.1 Å². The largest absolute Gasteiger partial charge is 0.389 e. The second-order valence-corrected chi connectivity index (χ2v) is 8.89. The average Bonchev–Trinajstić information content (AvgIpc) is 2.54. The number of nitrogens with one attached hydrogen (secondary N) is 1. The maximum atomic E-state index is 12.2. The zero-order valence-corrected chi connectivity index (χ0v) is 13.8. The van der Waals surface area contributed by atoms with Crippen LogP contribution < -0.4 is 4.72 Å². The number of hydrogen-bond donors (Lipinski definition) is 2. The summed E-state index contributed by atoms with van der Waals surface area (Å²) >= 11 is 1.46. The van der Waals surface area contributed by atoms with Crippen LogP contribution in [0.3, 0.4) is 0 Å². The Kier molecular flexibility index (Phi) is 5.17. The number of sulfonamides is 1. The van der Waals surface area contributed by atoms with Crippen LogP contribution in [0.5, 0.6) is 0 Å². The van der Waals surface area contributed by atoms with Crippen molar-refractivity contribution in [2.45, 2.75) is 51.5 Å². The fourth-order valence-corrected chi connectivity index (χ4v) is 4.87. The maximum Gasteiger partial charge on any atom is 0.241 e. The van der Waals surface area contributed by atoms with Gasteiger partial charge >= 0.3 is 0 Å². The highest BCUT2D eigenvalue weighted by molar-refractivity contribution is 7.89. The third-order valence-electron chi connectivity index (χ3n) is 2.78. The predicted octanol–water partition coefficient (Wildman–Crippen LogP) is 2.44. The standard InChI is InChI=1S/C13H23NO3S2/c1-9(2)7-13(5,15)8-14-19(16,17)12-6-10(3)18-11(12)4/h6,9,14-15H,7-8H2,1-5H3. The van der Waals surface area contributed by atoms with Crippen LogP contribution in [-0.2, 0) is 10.0 Å². The third-order valence-corrected chi connectivity index (χ3v) is 5.40. The summed E-state index contributed by atoms with van der Waals surface area (Å²) in [6, 6.07) is 1.67. The summed E-state index contributed by atoms with van der Waals surface area (Å²) in [4.78, 5) is 2.05. The maximum absolute atomic E-state index is 12.2. The minimum Gasteiger partial charge on any atom is -0.389 e. The topological polar surface area (TPSA) is 66.4 Å². The highest BCUT2D eigenvalue weighted by atomic mass is 32.2. The molecular weight excluding hydrogens is 282 g/mol. The zero-order valence-electron chi connectivity index (χ0n) is 12.1. The van der Waals surface area contributed by atoms with Crippen molar-refractivity contribution in [1.82, 2.24) is 4.72 Å². The van der Waals surface area contributed by atoms with E-state index in [1.165, 1.54) is 11.3 Å². The Balaban J connectivity index is 2.79. The van der Waals surface area contributed by atoms with Crippen LogP contribution in [0.15, 0.2) is 11.0 Å². The molecule has 4 nitrogen and oxygen atoms in total. The molecule has 0 aliphatic rings. The van der Waals surface area contributed by atoms with Crippen molar-refractivity contribution in [2.24, 2.45) is 5.92 Å². The van der Waals surface area contributed by atoms with Crippen molar-refractivity contribution in [3.05, 3.63) is 15.8 Å². The molecule has 0 aliphatic heterocycles. The van der Waals surface area contributed by atoms with Gasteiger partial charge in [0.2, 0.25) is 10.0 Å². The van der Waals surface area contributed by atoms with E-state index < -0.39 is 15.6 Å². The van der Waals surface area contributed by atoms with Gasteiger partial charge in [-0.05, 0) is 39.2 Å².